The summed E-state index contributed by atoms with van der Waals surface area (Å²) < 4.78 is 11.6. The summed E-state index contributed by atoms with van der Waals surface area (Å²) in [5, 5.41) is 10.9. The average Bonchev–Trinajstić information content (AvgIpc) is 3.07. The van der Waals surface area contributed by atoms with Crippen LogP contribution in [0.3, 0.4) is 0 Å². The molecule has 20 heavy (non-hydrogen) atoms. The number of ether oxygens (including phenoxy) is 2. The lowest BCUT2D eigenvalue weighted by atomic mass is 9.67. The predicted molar refractivity (Wildman–Crippen MR) is 81.1 cm³/mol. The van der Waals surface area contributed by atoms with Gasteiger partial charge in [-0.25, -0.2) is 0 Å². The number of rotatable bonds is 5. The summed E-state index contributed by atoms with van der Waals surface area (Å²) in [5.74, 6) is 0.188. The molecular weight excluding hydrogens is 276 g/mol. The van der Waals surface area contributed by atoms with Gasteiger partial charge in [0.25, 0.3) is 0 Å². The number of hydrogen-bond acceptors (Lipinski definition) is 3. The maximum absolute atomic E-state index is 10.9. The third-order valence-corrected chi connectivity index (χ3v) is 5.38. The SMILES string of the molecule is COC1CCCC(O)(CCl)C1C1(C)OC1CC=C(C)C. The first kappa shape index (κ1) is 16.3. The average molecular weight is 303 g/mol. The molecule has 2 rings (SSSR count). The first-order valence-electron chi connectivity index (χ1n) is 7.49. The second-order valence-corrected chi connectivity index (χ2v) is 6.96. The van der Waals surface area contributed by atoms with Crippen LogP contribution < -0.4 is 0 Å². The molecule has 0 bridgehead atoms. The van der Waals surface area contributed by atoms with Gasteiger partial charge in [-0.3, -0.25) is 0 Å². The fourth-order valence-electron chi connectivity index (χ4n) is 3.75. The fraction of sp³-hybridized carbons (Fsp3) is 0.875. The summed E-state index contributed by atoms with van der Waals surface area (Å²) in [6.07, 6.45) is 5.92. The van der Waals surface area contributed by atoms with Gasteiger partial charge in [0.05, 0.1) is 23.7 Å². The molecule has 0 aromatic carbocycles. The van der Waals surface area contributed by atoms with Crippen LogP contribution in [0, 0.1) is 5.92 Å². The third kappa shape index (κ3) is 2.92. The molecule has 0 amide bonds. The summed E-state index contributed by atoms with van der Waals surface area (Å²) in [5.41, 5.74) is 0.0911. The van der Waals surface area contributed by atoms with Crippen molar-refractivity contribution in [3.05, 3.63) is 11.6 Å². The van der Waals surface area contributed by atoms with E-state index in [0.29, 0.717) is 0 Å². The Bertz CT molecular complexity index is 380. The number of halogens is 1. The number of aliphatic hydroxyl groups is 1. The lowest BCUT2D eigenvalue weighted by Gasteiger charge is -2.45. The highest BCUT2D eigenvalue weighted by atomic mass is 35.5. The molecule has 5 atom stereocenters. The van der Waals surface area contributed by atoms with Crippen molar-refractivity contribution in [2.75, 3.05) is 13.0 Å². The van der Waals surface area contributed by atoms with Crippen molar-refractivity contribution in [2.24, 2.45) is 5.92 Å². The molecule has 1 N–H and O–H groups in total. The molecule has 1 heterocycles. The van der Waals surface area contributed by atoms with Crippen LogP contribution in [0.15, 0.2) is 11.6 Å². The molecule has 0 aromatic heterocycles. The van der Waals surface area contributed by atoms with Crippen molar-refractivity contribution in [1.29, 1.82) is 0 Å². The number of epoxide rings is 1. The second-order valence-electron chi connectivity index (χ2n) is 6.69. The van der Waals surface area contributed by atoms with E-state index in [1.807, 2.05) is 0 Å². The van der Waals surface area contributed by atoms with Gasteiger partial charge in [0.15, 0.2) is 0 Å². The first-order valence-corrected chi connectivity index (χ1v) is 8.03. The van der Waals surface area contributed by atoms with E-state index in [9.17, 15) is 5.11 Å². The summed E-state index contributed by atoms with van der Waals surface area (Å²) in [4.78, 5) is 0. The summed E-state index contributed by atoms with van der Waals surface area (Å²) in [7, 11) is 1.72. The Morgan fingerprint density at radius 1 is 1.50 bits per heavy atom. The van der Waals surface area contributed by atoms with E-state index in [-0.39, 0.29) is 29.6 Å². The monoisotopic (exact) mass is 302 g/mol. The van der Waals surface area contributed by atoms with Gasteiger partial charge in [0.2, 0.25) is 0 Å². The minimum absolute atomic E-state index is 0.0224. The largest absolute Gasteiger partial charge is 0.388 e. The van der Waals surface area contributed by atoms with Crippen LogP contribution in [-0.2, 0) is 9.47 Å². The number of hydrogen-bond donors (Lipinski definition) is 1. The molecule has 0 radical (unpaired) electrons. The quantitative estimate of drug-likeness (QED) is 0.481. The van der Waals surface area contributed by atoms with Crippen molar-refractivity contribution >= 4 is 11.6 Å². The number of allylic oxidation sites excluding steroid dienone is 1. The van der Waals surface area contributed by atoms with Crippen LogP contribution in [-0.4, -0.2) is 41.5 Å². The molecule has 5 unspecified atom stereocenters. The Morgan fingerprint density at radius 3 is 2.75 bits per heavy atom. The number of methoxy groups -OCH3 is 1. The van der Waals surface area contributed by atoms with Crippen molar-refractivity contribution in [3.63, 3.8) is 0 Å². The van der Waals surface area contributed by atoms with E-state index in [2.05, 4.69) is 26.8 Å². The molecule has 2 aliphatic rings. The molecule has 1 aliphatic carbocycles. The smallest absolute Gasteiger partial charge is 0.100 e. The summed E-state index contributed by atoms with van der Waals surface area (Å²) in [6, 6.07) is 0. The highest BCUT2D eigenvalue weighted by molar-refractivity contribution is 6.18. The molecule has 1 saturated carbocycles. The molecule has 4 heteroatoms. The third-order valence-electron chi connectivity index (χ3n) is 4.92. The summed E-state index contributed by atoms with van der Waals surface area (Å²) in [6.45, 7) is 6.27. The highest BCUT2D eigenvalue weighted by Crippen LogP contribution is 2.54. The molecule has 2 fully saturated rings. The maximum Gasteiger partial charge on any atom is 0.100 e. The van der Waals surface area contributed by atoms with E-state index in [1.165, 1.54) is 5.57 Å². The first-order chi connectivity index (χ1) is 9.37. The van der Waals surface area contributed by atoms with Crippen LogP contribution >= 0.6 is 11.6 Å². The van der Waals surface area contributed by atoms with Gasteiger partial charge in [-0.1, -0.05) is 11.6 Å². The van der Waals surface area contributed by atoms with Crippen LogP contribution in [0.25, 0.3) is 0 Å². The van der Waals surface area contributed by atoms with Crippen LogP contribution in [0.4, 0.5) is 0 Å². The van der Waals surface area contributed by atoms with Crippen molar-refractivity contribution in [1.82, 2.24) is 0 Å². The van der Waals surface area contributed by atoms with E-state index < -0.39 is 5.60 Å². The van der Waals surface area contributed by atoms with Crippen LogP contribution in [0.5, 0.6) is 0 Å². The van der Waals surface area contributed by atoms with Gasteiger partial charge >= 0.3 is 0 Å². The molecule has 0 aromatic rings. The van der Waals surface area contributed by atoms with Gasteiger partial charge in [-0.2, -0.15) is 0 Å². The molecule has 116 valence electrons. The Kier molecular flexibility index (Phi) is 4.85. The summed E-state index contributed by atoms with van der Waals surface area (Å²) >= 11 is 6.07. The van der Waals surface area contributed by atoms with Crippen molar-refractivity contribution in [3.8, 4) is 0 Å². The topological polar surface area (TPSA) is 42.0 Å². The Hall–Kier alpha value is -0.0900. The minimum atomic E-state index is -0.880. The molecule has 0 spiro atoms. The highest BCUT2D eigenvalue weighted by Gasteiger charge is 2.65. The normalized spacial score (nSPS) is 44.2. The lowest BCUT2D eigenvalue weighted by molar-refractivity contribution is -0.127. The minimum Gasteiger partial charge on any atom is -0.388 e. The van der Waals surface area contributed by atoms with Gasteiger partial charge < -0.3 is 14.6 Å². The Labute approximate surface area is 127 Å². The van der Waals surface area contributed by atoms with Crippen molar-refractivity contribution in [2.45, 2.75) is 69.9 Å². The standard InChI is InChI=1S/C16H27ClO3/c1-11(2)7-8-13-15(3,20-13)14-12(19-4)6-5-9-16(14,18)10-17/h7,12-14,18H,5-6,8-10H2,1-4H3. The fourth-order valence-corrected chi connectivity index (χ4v) is 4.05. The predicted octanol–water partition coefficient (Wildman–Crippen LogP) is 3.29. The zero-order valence-corrected chi connectivity index (χ0v) is 13.7. The van der Waals surface area contributed by atoms with Crippen molar-refractivity contribution < 1.29 is 14.6 Å². The van der Waals surface area contributed by atoms with E-state index >= 15 is 0 Å². The van der Waals surface area contributed by atoms with Crippen LogP contribution in [0.2, 0.25) is 0 Å². The molecule has 1 saturated heterocycles. The second kappa shape index (κ2) is 5.96. The van der Waals surface area contributed by atoms with Gasteiger partial charge in [-0.15, -0.1) is 11.6 Å². The number of alkyl halides is 1. The van der Waals surface area contributed by atoms with E-state index in [1.54, 1.807) is 7.11 Å². The Morgan fingerprint density at radius 2 is 2.20 bits per heavy atom. The van der Waals surface area contributed by atoms with E-state index in [4.69, 9.17) is 21.1 Å². The molecule has 1 aliphatic heterocycles. The molecule has 3 nitrogen and oxygen atoms in total. The zero-order chi connectivity index (χ0) is 15.0. The van der Waals surface area contributed by atoms with Gasteiger partial charge in [0, 0.05) is 13.0 Å². The molecular formula is C16H27ClO3. The maximum atomic E-state index is 10.9. The van der Waals surface area contributed by atoms with E-state index in [0.717, 1.165) is 25.7 Å². The van der Waals surface area contributed by atoms with Gasteiger partial charge in [-0.05, 0) is 46.5 Å². The lowest BCUT2D eigenvalue weighted by Crippen LogP contribution is -2.56. The van der Waals surface area contributed by atoms with Crippen LogP contribution in [0.1, 0.15) is 46.5 Å². The van der Waals surface area contributed by atoms with Gasteiger partial charge in [0.1, 0.15) is 5.60 Å². The Balaban J connectivity index is 2.17. The zero-order valence-electron chi connectivity index (χ0n) is 13.0.